The number of aliphatic hydroxyl groups is 2. The summed E-state index contributed by atoms with van der Waals surface area (Å²) in [5.74, 6) is 0.954. The second-order valence-electron chi connectivity index (χ2n) is 12.9. The smallest absolute Gasteiger partial charge is 0.251 e. The van der Waals surface area contributed by atoms with Crippen LogP contribution in [0.3, 0.4) is 0 Å². The van der Waals surface area contributed by atoms with Gasteiger partial charge < -0.3 is 30.5 Å². The molecule has 1 saturated carbocycles. The van der Waals surface area contributed by atoms with E-state index in [4.69, 9.17) is 9.84 Å². The number of benzene rings is 2. The van der Waals surface area contributed by atoms with E-state index in [1.165, 1.54) is 0 Å². The molecule has 46 heavy (non-hydrogen) atoms. The van der Waals surface area contributed by atoms with Crippen LogP contribution in [0.4, 0.5) is 0 Å². The molecule has 0 aromatic heterocycles. The summed E-state index contributed by atoms with van der Waals surface area (Å²) in [5.41, 5.74) is -0.0838. The van der Waals surface area contributed by atoms with E-state index in [0.717, 1.165) is 44.2 Å². The lowest BCUT2D eigenvalue weighted by atomic mass is 9.77. The molecule has 10 nitrogen and oxygen atoms in total. The molecule has 3 amide bonds. The van der Waals surface area contributed by atoms with Crippen LogP contribution >= 0.6 is 12.4 Å². The third-order valence-electron chi connectivity index (χ3n) is 9.67. The summed E-state index contributed by atoms with van der Waals surface area (Å²) in [7, 11) is 0. The van der Waals surface area contributed by atoms with Crippen molar-refractivity contribution in [1.29, 1.82) is 0 Å². The van der Waals surface area contributed by atoms with E-state index in [2.05, 4.69) is 22.5 Å². The fourth-order valence-corrected chi connectivity index (χ4v) is 7.03. The van der Waals surface area contributed by atoms with E-state index >= 15 is 0 Å². The van der Waals surface area contributed by atoms with E-state index in [1.807, 2.05) is 29.2 Å². The van der Waals surface area contributed by atoms with Gasteiger partial charge in [-0.25, -0.2) is 0 Å². The van der Waals surface area contributed by atoms with Crippen molar-refractivity contribution >= 4 is 30.1 Å². The Morgan fingerprint density at radius 1 is 0.978 bits per heavy atom. The molecule has 3 aliphatic rings. The first kappa shape index (κ1) is 35.7. The van der Waals surface area contributed by atoms with Crippen molar-refractivity contribution in [3.05, 3.63) is 59.7 Å². The zero-order chi connectivity index (χ0) is 31.9. The lowest BCUT2D eigenvalue weighted by molar-refractivity contribution is -0.163. The van der Waals surface area contributed by atoms with Crippen molar-refractivity contribution in [3.8, 4) is 11.5 Å². The zero-order valence-electron chi connectivity index (χ0n) is 26.8. The Balaban J connectivity index is 0.00000480. The molecule has 2 aromatic rings. The molecule has 2 aliphatic heterocycles. The van der Waals surface area contributed by atoms with Crippen molar-refractivity contribution < 1.29 is 29.3 Å². The minimum Gasteiger partial charge on any atom is -0.457 e. The average molecular weight is 657 g/mol. The number of aliphatic hydroxyl groups excluding tert-OH is 1. The number of hydrogen-bond donors (Lipinski definition) is 4. The van der Waals surface area contributed by atoms with E-state index < -0.39 is 17.2 Å². The summed E-state index contributed by atoms with van der Waals surface area (Å²) in [6.07, 6.45) is 7.67. The maximum atomic E-state index is 13.8. The molecule has 2 saturated heterocycles. The Morgan fingerprint density at radius 3 is 2.22 bits per heavy atom. The highest BCUT2D eigenvalue weighted by Gasteiger charge is 2.54. The predicted molar refractivity (Wildman–Crippen MR) is 178 cm³/mol. The monoisotopic (exact) mass is 656 g/mol. The minimum absolute atomic E-state index is 0. The highest BCUT2D eigenvalue weighted by Crippen LogP contribution is 2.37. The van der Waals surface area contributed by atoms with Crippen molar-refractivity contribution in [3.63, 3.8) is 0 Å². The molecule has 252 valence electrons. The number of halogens is 1. The Bertz CT molecular complexity index is 1310. The zero-order valence-corrected chi connectivity index (χ0v) is 27.7. The highest BCUT2D eigenvalue weighted by atomic mass is 35.5. The maximum Gasteiger partial charge on any atom is 0.251 e. The number of nitrogens with one attached hydrogen (secondary N) is 2. The Hall–Kier alpha value is -3.18. The van der Waals surface area contributed by atoms with Gasteiger partial charge in [-0.3, -0.25) is 19.3 Å². The van der Waals surface area contributed by atoms with Crippen molar-refractivity contribution in [2.75, 3.05) is 32.8 Å². The highest BCUT2D eigenvalue weighted by molar-refractivity contribution is 6.00. The van der Waals surface area contributed by atoms with Gasteiger partial charge in [-0.05, 0) is 74.1 Å². The van der Waals surface area contributed by atoms with Crippen LogP contribution in [0.25, 0.3) is 0 Å². The van der Waals surface area contributed by atoms with Gasteiger partial charge in [-0.2, -0.15) is 0 Å². The number of hydrogen-bond acceptors (Lipinski definition) is 7. The van der Waals surface area contributed by atoms with Crippen LogP contribution in [-0.4, -0.2) is 87.7 Å². The number of likely N-dealkylation sites (tertiary alicyclic amines) is 1. The van der Waals surface area contributed by atoms with E-state index in [-0.39, 0.29) is 43.3 Å². The van der Waals surface area contributed by atoms with E-state index in [0.29, 0.717) is 68.8 Å². The molecule has 4 N–H and O–H groups in total. The number of nitrogens with zero attached hydrogens (tertiary/aromatic N) is 2. The molecule has 11 heteroatoms. The number of unbranched alkanes of at least 4 members (excludes halogenated alkanes) is 1. The number of ether oxygens (including phenoxy) is 1. The number of piperazine rings is 1. The number of carbonyl (C=O) groups excluding carboxylic acids is 3. The van der Waals surface area contributed by atoms with Crippen LogP contribution in [0, 0.1) is 0 Å². The van der Waals surface area contributed by atoms with Gasteiger partial charge in [0.25, 0.3) is 5.91 Å². The van der Waals surface area contributed by atoms with Gasteiger partial charge >= 0.3 is 0 Å². The van der Waals surface area contributed by atoms with Crippen molar-refractivity contribution in [2.45, 2.75) is 94.9 Å². The summed E-state index contributed by atoms with van der Waals surface area (Å²) < 4.78 is 5.96. The van der Waals surface area contributed by atoms with E-state index in [1.54, 1.807) is 24.3 Å². The Kier molecular flexibility index (Phi) is 12.5. The summed E-state index contributed by atoms with van der Waals surface area (Å²) in [4.78, 5) is 43.8. The molecule has 2 aromatic carbocycles. The molecular formula is C35H49ClN4O6. The van der Waals surface area contributed by atoms with Crippen LogP contribution in [0.15, 0.2) is 48.5 Å². The van der Waals surface area contributed by atoms with Crippen LogP contribution in [0.2, 0.25) is 0 Å². The molecular weight excluding hydrogens is 608 g/mol. The van der Waals surface area contributed by atoms with Gasteiger partial charge in [0.2, 0.25) is 11.8 Å². The van der Waals surface area contributed by atoms with Gasteiger partial charge in [-0.15, -0.1) is 12.4 Å². The van der Waals surface area contributed by atoms with E-state index in [9.17, 15) is 19.5 Å². The Labute approximate surface area is 278 Å². The lowest BCUT2D eigenvalue weighted by Gasteiger charge is -2.52. The molecule has 3 fully saturated rings. The van der Waals surface area contributed by atoms with Crippen LogP contribution < -0.4 is 15.4 Å². The number of carbonyl (C=O) groups is 3. The summed E-state index contributed by atoms with van der Waals surface area (Å²) in [5, 5.41) is 25.7. The first-order valence-corrected chi connectivity index (χ1v) is 16.6. The minimum atomic E-state index is -0.875. The summed E-state index contributed by atoms with van der Waals surface area (Å²) in [6, 6.07) is 14.1. The van der Waals surface area contributed by atoms with Gasteiger partial charge in [-0.1, -0.05) is 44.7 Å². The van der Waals surface area contributed by atoms with Crippen molar-refractivity contribution in [2.24, 2.45) is 0 Å². The molecule has 1 spiro atoms. The second-order valence-corrected chi connectivity index (χ2v) is 12.9. The predicted octanol–water partition coefficient (Wildman–Crippen LogP) is 4.17. The first-order valence-electron chi connectivity index (χ1n) is 16.6. The van der Waals surface area contributed by atoms with Crippen LogP contribution in [0.1, 0.15) is 87.1 Å². The maximum absolute atomic E-state index is 13.8. The number of piperidine rings is 1. The molecule has 5 rings (SSSR count). The average Bonchev–Trinajstić information content (AvgIpc) is 3.05. The first-order chi connectivity index (χ1) is 21.7. The number of rotatable bonds is 12. The van der Waals surface area contributed by atoms with Gasteiger partial charge in [0.05, 0.1) is 12.2 Å². The molecule has 0 bridgehead atoms. The number of amides is 3. The standard InChI is InChI=1S/C35H48N4O6.ClH/c1-2-3-20-39-32(42)30(24-34(44)15-5-4-6-16-34)37-33(43)35(39)17-21-38(22-18-35)25-26-7-11-28(12-8-26)45-29-13-9-27(10-14-29)31(41)36-19-23-40;/h7-14,30,40,44H,2-6,15-25H2,1H3,(H,36,41)(H,37,43);1H/t30-;/m1./s1. The van der Waals surface area contributed by atoms with Crippen LogP contribution in [0.5, 0.6) is 11.5 Å². The Morgan fingerprint density at radius 2 is 1.61 bits per heavy atom. The SMILES string of the molecule is CCCCN1C(=O)[C@@H](CC2(O)CCCCC2)NC(=O)C12CCN(Cc1ccc(Oc3ccc(C(=O)NCCO)cc3)cc1)CC2.Cl. The summed E-state index contributed by atoms with van der Waals surface area (Å²) >= 11 is 0. The molecule has 2 heterocycles. The topological polar surface area (TPSA) is 131 Å². The van der Waals surface area contributed by atoms with Gasteiger partial charge in [0, 0.05) is 44.7 Å². The third-order valence-corrected chi connectivity index (χ3v) is 9.67. The van der Waals surface area contributed by atoms with Gasteiger partial charge in [0.1, 0.15) is 23.1 Å². The largest absolute Gasteiger partial charge is 0.457 e. The third kappa shape index (κ3) is 8.39. The quantitative estimate of drug-likeness (QED) is 0.270. The van der Waals surface area contributed by atoms with Gasteiger partial charge in [0.15, 0.2) is 0 Å². The molecule has 0 radical (unpaired) electrons. The lowest BCUT2D eigenvalue weighted by Crippen LogP contribution is -2.73. The van der Waals surface area contributed by atoms with Crippen molar-refractivity contribution in [1.82, 2.24) is 20.4 Å². The fourth-order valence-electron chi connectivity index (χ4n) is 7.03. The molecule has 1 aliphatic carbocycles. The second kappa shape index (κ2) is 16.1. The molecule has 0 unspecified atom stereocenters. The normalized spacial score (nSPS) is 20.9. The molecule has 1 atom stereocenters. The van der Waals surface area contributed by atoms with Crippen LogP contribution in [-0.2, 0) is 16.1 Å². The fraction of sp³-hybridized carbons (Fsp3) is 0.571. The summed E-state index contributed by atoms with van der Waals surface area (Å²) in [6.45, 7) is 4.90.